The molecule has 5 nitrogen and oxygen atoms in total. The second-order valence-corrected chi connectivity index (χ2v) is 4.25. The molecule has 0 spiro atoms. The van der Waals surface area contributed by atoms with E-state index < -0.39 is 18.1 Å². The lowest BCUT2D eigenvalue weighted by Gasteiger charge is -2.28. The van der Waals surface area contributed by atoms with Gasteiger partial charge in [-0.2, -0.15) is 0 Å². The highest BCUT2D eigenvalue weighted by Gasteiger charge is 2.32. The number of carboxylic acid groups (broad SMARTS) is 1. The summed E-state index contributed by atoms with van der Waals surface area (Å²) < 4.78 is 0. The summed E-state index contributed by atoms with van der Waals surface area (Å²) >= 11 is 0. The van der Waals surface area contributed by atoms with Gasteiger partial charge in [0, 0.05) is 13.0 Å². The highest BCUT2D eigenvalue weighted by atomic mass is 16.4. The Morgan fingerprint density at radius 2 is 2.18 bits per heavy atom. The molecule has 17 heavy (non-hydrogen) atoms. The van der Waals surface area contributed by atoms with Crippen molar-refractivity contribution < 1.29 is 14.7 Å². The van der Waals surface area contributed by atoms with E-state index in [-0.39, 0.29) is 12.3 Å². The highest BCUT2D eigenvalue weighted by molar-refractivity contribution is 5.87. The maximum absolute atomic E-state index is 12.0. The van der Waals surface area contributed by atoms with Crippen molar-refractivity contribution in [1.29, 1.82) is 0 Å². The van der Waals surface area contributed by atoms with Crippen LogP contribution in [0.2, 0.25) is 0 Å². The lowest BCUT2D eigenvalue weighted by atomic mass is 10.1. The first-order valence-corrected chi connectivity index (χ1v) is 5.80. The SMILES string of the molecule is C#CCC(N)C(=O)N1CCCCCC1C(=O)O. The molecule has 1 aliphatic heterocycles. The molecule has 2 unspecified atom stereocenters. The van der Waals surface area contributed by atoms with Gasteiger partial charge in [-0.15, -0.1) is 12.3 Å². The Hall–Kier alpha value is -1.54. The Balaban J connectivity index is 2.79. The number of nitrogens with two attached hydrogens (primary N) is 1. The van der Waals surface area contributed by atoms with Gasteiger partial charge in [-0.1, -0.05) is 12.8 Å². The molecule has 1 aliphatic rings. The molecule has 0 aromatic heterocycles. The van der Waals surface area contributed by atoms with Crippen LogP contribution in [0.1, 0.15) is 32.1 Å². The molecule has 1 amide bonds. The van der Waals surface area contributed by atoms with Crippen LogP contribution in [0.25, 0.3) is 0 Å². The Labute approximate surface area is 101 Å². The average molecular weight is 238 g/mol. The van der Waals surface area contributed by atoms with Crippen LogP contribution in [0.15, 0.2) is 0 Å². The lowest BCUT2D eigenvalue weighted by Crippen LogP contribution is -2.51. The smallest absolute Gasteiger partial charge is 0.326 e. The van der Waals surface area contributed by atoms with Crippen LogP contribution in [-0.2, 0) is 9.59 Å². The minimum atomic E-state index is -0.965. The molecule has 0 aromatic carbocycles. The first-order chi connectivity index (χ1) is 8.07. The zero-order valence-corrected chi connectivity index (χ0v) is 9.76. The van der Waals surface area contributed by atoms with Gasteiger partial charge in [0.1, 0.15) is 6.04 Å². The molecular weight excluding hydrogens is 220 g/mol. The quantitative estimate of drug-likeness (QED) is 0.688. The standard InChI is InChI=1S/C12H18N2O3/c1-2-6-9(13)11(15)14-8-5-3-4-7-10(14)12(16)17/h1,9-10H,3-8,13H2,(H,16,17). The number of aliphatic carboxylic acids is 1. The zero-order chi connectivity index (χ0) is 12.8. The van der Waals surface area contributed by atoms with Gasteiger partial charge in [0.25, 0.3) is 0 Å². The second kappa shape index (κ2) is 6.26. The van der Waals surface area contributed by atoms with Gasteiger partial charge in [-0.25, -0.2) is 4.79 Å². The minimum absolute atomic E-state index is 0.141. The summed E-state index contributed by atoms with van der Waals surface area (Å²) in [5.74, 6) is 1.01. The normalized spacial score (nSPS) is 22.4. The number of rotatable bonds is 3. The first-order valence-electron chi connectivity index (χ1n) is 5.80. The Kier molecular flexibility index (Phi) is 4.98. The van der Waals surface area contributed by atoms with Crippen molar-refractivity contribution in [2.75, 3.05) is 6.54 Å². The van der Waals surface area contributed by atoms with Gasteiger partial charge in [0.2, 0.25) is 5.91 Å². The molecule has 3 N–H and O–H groups in total. The number of terminal acetylenes is 1. The van der Waals surface area contributed by atoms with Crippen molar-refractivity contribution >= 4 is 11.9 Å². The maximum atomic E-state index is 12.0. The highest BCUT2D eigenvalue weighted by Crippen LogP contribution is 2.18. The van der Waals surface area contributed by atoms with Gasteiger partial charge in [-0.05, 0) is 12.8 Å². The van der Waals surface area contributed by atoms with Crippen molar-refractivity contribution in [3.8, 4) is 12.3 Å². The predicted octanol–water partition coefficient (Wildman–Crippen LogP) is 0.193. The number of likely N-dealkylation sites (tertiary alicyclic amines) is 1. The molecule has 5 heteroatoms. The number of hydrogen-bond acceptors (Lipinski definition) is 3. The largest absolute Gasteiger partial charge is 0.480 e. The molecule has 2 atom stereocenters. The maximum Gasteiger partial charge on any atom is 0.326 e. The van der Waals surface area contributed by atoms with E-state index >= 15 is 0 Å². The molecule has 0 aliphatic carbocycles. The first kappa shape index (κ1) is 13.5. The fourth-order valence-corrected chi connectivity index (χ4v) is 2.06. The monoisotopic (exact) mass is 238 g/mol. The van der Waals surface area contributed by atoms with Crippen LogP contribution in [0.5, 0.6) is 0 Å². The second-order valence-electron chi connectivity index (χ2n) is 4.25. The van der Waals surface area contributed by atoms with Crippen LogP contribution in [0.4, 0.5) is 0 Å². The molecule has 94 valence electrons. The van der Waals surface area contributed by atoms with Crippen LogP contribution in [0.3, 0.4) is 0 Å². The molecular formula is C12H18N2O3. The zero-order valence-electron chi connectivity index (χ0n) is 9.76. The summed E-state index contributed by atoms with van der Waals surface area (Å²) in [6, 6.07) is -1.55. The Morgan fingerprint density at radius 1 is 1.47 bits per heavy atom. The van der Waals surface area contributed by atoms with Gasteiger partial charge in [0.15, 0.2) is 0 Å². The van der Waals surface area contributed by atoms with Gasteiger partial charge >= 0.3 is 5.97 Å². The third-order valence-corrected chi connectivity index (χ3v) is 2.98. The molecule has 0 bridgehead atoms. The van der Waals surface area contributed by atoms with Crippen molar-refractivity contribution in [2.45, 2.75) is 44.2 Å². The number of carbonyl (C=O) groups is 2. The van der Waals surface area contributed by atoms with E-state index in [0.29, 0.717) is 13.0 Å². The molecule has 1 fully saturated rings. The summed E-state index contributed by atoms with van der Waals surface area (Å²) in [7, 11) is 0. The van der Waals surface area contributed by atoms with Crippen molar-refractivity contribution in [3.63, 3.8) is 0 Å². The third kappa shape index (κ3) is 3.46. The number of nitrogens with zero attached hydrogens (tertiary/aromatic N) is 1. The van der Waals surface area contributed by atoms with Crippen LogP contribution < -0.4 is 5.73 Å². The molecule has 0 aromatic rings. The lowest BCUT2D eigenvalue weighted by molar-refractivity contribution is -0.150. The van der Waals surface area contributed by atoms with E-state index in [0.717, 1.165) is 19.3 Å². The summed E-state index contributed by atoms with van der Waals surface area (Å²) in [5.41, 5.74) is 5.65. The van der Waals surface area contributed by atoms with Crippen LogP contribution >= 0.6 is 0 Å². The molecule has 1 rings (SSSR count). The number of hydrogen-bond donors (Lipinski definition) is 2. The van der Waals surface area contributed by atoms with Gasteiger partial charge in [-0.3, -0.25) is 4.79 Å². The fourth-order valence-electron chi connectivity index (χ4n) is 2.06. The molecule has 1 heterocycles. The molecule has 0 radical (unpaired) electrons. The van der Waals surface area contributed by atoms with Gasteiger partial charge < -0.3 is 15.7 Å². The average Bonchev–Trinajstić information content (AvgIpc) is 2.53. The van der Waals surface area contributed by atoms with Crippen LogP contribution in [0, 0.1) is 12.3 Å². The topological polar surface area (TPSA) is 83.6 Å². The number of carbonyl (C=O) groups excluding carboxylic acids is 1. The third-order valence-electron chi connectivity index (χ3n) is 2.98. The van der Waals surface area contributed by atoms with E-state index in [4.69, 9.17) is 17.3 Å². The fraction of sp³-hybridized carbons (Fsp3) is 0.667. The summed E-state index contributed by atoms with van der Waals surface area (Å²) in [6.45, 7) is 0.452. The Bertz CT molecular complexity index is 335. The Morgan fingerprint density at radius 3 is 2.76 bits per heavy atom. The van der Waals surface area contributed by atoms with E-state index in [9.17, 15) is 9.59 Å². The molecule has 0 saturated carbocycles. The number of amides is 1. The summed E-state index contributed by atoms with van der Waals surface area (Å²) in [6.07, 6.45) is 8.32. The van der Waals surface area contributed by atoms with E-state index in [1.54, 1.807) is 0 Å². The van der Waals surface area contributed by atoms with Crippen molar-refractivity contribution in [1.82, 2.24) is 4.90 Å². The van der Waals surface area contributed by atoms with Crippen LogP contribution in [-0.4, -0.2) is 40.5 Å². The van der Waals surface area contributed by atoms with E-state index in [1.807, 2.05) is 0 Å². The summed E-state index contributed by atoms with van der Waals surface area (Å²) in [4.78, 5) is 24.5. The summed E-state index contributed by atoms with van der Waals surface area (Å²) in [5, 5.41) is 9.12. The van der Waals surface area contributed by atoms with E-state index in [2.05, 4.69) is 5.92 Å². The van der Waals surface area contributed by atoms with Crippen molar-refractivity contribution in [2.24, 2.45) is 5.73 Å². The van der Waals surface area contributed by atoms with E-state index in [1.165, 1.54) is 4.90 Å². The number of carboxylic acids is 1. The predicted molar refractivity (Wildman–Crippen MR) is 63.0 cm³/mol. The van der Waals surface area contributed by atoms with Crippen molar-refractivity contribution in [3.05, 3.63) is 0 Å². The van der Waals surface area contributed by atoms with Gasteiger partial charge in [0.05, 0.1) is 6.04 Å². The molecule has 1 saturated heterocycles. The minimum Gasteiger partial charge on any atom is -0.480 e.